The highest BCUT2D eigenvalue weighted by atomic mass is 16.5. The topological polar surface area (TPSA) is 311 Å². The number of carbonyl (C=O) groups excluding carboxylic acids is 6. The standard InChI is InChI=1S/C26H31NO5.C25H28N2O4.C17H23NO3.C9H15N3O2/c28-24(16-27-25(29)19-31-17-21-7-3-1-4-8-21)23-13-11-20(12-14-23)15-26(30)32-18-22-9-5-2-6-10-22;28-24(30-17-21-9-5-2-6-10-21)15-19-11-13-22(14-12-19)25-27-26-23(31-25)18-29-16-20-7-3-1-4-8-20;18-11-16(19)15-8-6-13(7-9-15)10-17(20)21-12-14-4-2-1-3-5-14;10-7-3-1-6(2-4-7)9-12-11-8(5-13)14-9/h1-10,20,23H,11-19H2,(H,27,29);1-10,19,22H,11-18H2;1-5,13,15H,6-12,18H2;6-7,13H,1-5,10H2. The minimum atomic E-state index is -0.288. The molecule has 0 unspecified atom stereocenters. The number of nitrogens with two attached hydrogens (primary N) is 2. The molecule has 0 bridgehead atoms. The maximum absolute atomic E-state index is 12.4. The quantitative estimate of drug-likeness (QED) is 0.0261. The van der Waals surface area contributed by atoms with Crippen molar-refractivity contribution in [3.8, 4) is 0 Å². The maximum Gasteiger partial charge on any atom is 0.306 e. The average Bonchev–Trinajstić information content (AvgIpc) is 3.23. The van der Waals surface area contributed by atoms with Gasteiger partial charge in [0.1, 0.15) is 45.4 Å². The zero-order valence-corrected chi connectivity index (χ0v) is 56.3. The van der Waals surface area contributed by atoms with Crippen LogP contribution >= 0.6 is 0 Å². The number of nitrogens with one attached hydrogen (secondary N) is 1. The van der Waals surface area contributed by atoms with Crippen molar-refractivity contribution in [2.75, 3.05) is 19.7 Å². The van der Waals surface area contributed by atoms with Crippen LogP contribution in [-0.4, -0.2) is 86.6 Å². The fraction of sp³-hybridized carbons (Fsp3) is 0.481. The summed E-state index contributed by atoms with van der Waals surface area (Å²) in [7, 11) is 0. The third kappa shape index (κ3) is 27.7. The van der Waals surface area contributed by atoms with Crippen LogP contribution in [0.1, 0.15) is 185 Å². The van der Waals surface area contributed by atoms with Gasteiger partial charge in [0.05, 0.1) is 26.3 Å². The van der Waals surface area contributed by atoms with Crippen LogP contribution in [0.5, 0.6) is 0 Å². The van der Waals surface area contributed by atoms with Gasteiger partial charge in [0.2, 0.25) is 29.5 Å². The molecule has 4 aliphatic rings. The normalized spacial score (nSPS) is 20.4. The molecule has 21 nitrogen and oxygen atoms in total. The van der Waals surface area contributed by atoms with E-state index in [0.717, 1.165) is 131 Å². The van der Waals surface area contributed by atoms with Crippen LogP contribution in [0, 0.1) is 29.6 Å². The van der Waals surface area contributed by atoms with Gasteiger partial charge in [-0.15, -0.1) is 20.4 Å². The Morgan fingerprint density at radius 3 is 1.15 bits per heavy atom. The van der Waals surface area contributed by atoms with Crippen molar-refractivity contribution in [3.05, 3.63) is 203 Å². The van der Waals surface area contributed by atoms with E-state index in [-0.39, 0.29) is 85.4 Å². The van der Waals surface area contributed by atoms with Gasteiger partial charge in [-0.1, -0.05) is 152 Å². The Morgan fingerprint density at radius 2 is 0.765 bits per heavy atom. The van der Waals surface area contributed by atoms with Gasteiger partial charge in [0.25, 0.3) is 0 Å². The highest BCUT2D eigenvalue weighted by molar-refractivity contribution is 5.88. The molecule has 2 heterocycles. The molecule has 11 rings (SSSR count). The number of carbonyl (C=O) groups is 6. The summed E-state index contributed by atoms with van der Waals surface area (Å²) < 4.78 is 38.3. The van der Waals surface area contributed by atoms with E-state index in [0.29, 0.717) is 106 Å². The predicted molar refractivity (Wildman–Crippen MR) is 365 cm³/mol. The minimum absolute atomic E-state index is 0.0297. The van der Waals surface area contributed by atoms with Crippen LogP contribution in [0.3, 0.4) is 0 Å². The number of esters is 3. The molecule has 6 N–H and O–H groups in total. The molecule has 0 spiro atoms. The molecule has 4 saturated carbocycles. The van der Waals surface area contributed by atoms with E-state index in [1.54, 1.807) is 0 Å². The van der Waals surface area contributed by atoms with Crippen LogP contribution in [0.4, 0.5) is 0 Å². The molecule has 98 heavy (non-hydrogen) atoms. The Balaban J connectivity index is 0.000000173. The third-order valence-corrected chi connectivity index (χ3v) is 18.5. The van der Waals surface area contributed by atoms with Crippen molar-refractivity contribution in [1.29, 1.82) is 0 Å². The molecule has 5 aromatic carbocycles. The molecule has 7 aromatic rings. The summed E-state index contributed by atoms with van der Waals surface area (Å²) in [4.78, 5) is 72.0. The van der Waals surface area contributed by atoms with Gasteiger partial charge in [-0.3, -0.25) is 28.8 Å². The van der Waals surface area contributed by atoms with E-state index in [9.17, 15) is 28.8 Å². The first-order valence-corrected chi connectivity index (χ1v) is 34.7. The number of hydrogen-bond donors (Lipinski definition) is 4. The highest BCUT2D eigenvalue weighted by Crippen LogP contribution is 2.38. The van der Waals surface area contributed by atoms with Crippen LogP contribution in [0.25, 0.3) is 0 Å². The van der Waals surface area contributed by atoms with Crippen LogP contribution < -0.4 is 16.8 Å². The summed E-state index contributed by atoms with van der Waals surface area (Å²) in [5.74, 6) is 3.20. The summed E-state index contributed by atoms with van der Waals surface area (Å²) in [5, 5.41) is 27.4. The Kier molecular flexibility index (Phi) is 32.4. The number of ether oxygens (including phenoxy) is 5. The van der Waals surface area contributed by atoms with Gasteiger partial charge in [-0.25, -0.2) is 0 Å². The SMILES string of the molecule is NC1CCC(c2nnc(CO)o2)CC1.NCC(=O)C1CCC(CC(=O)OCc2ccccc2)CC1.O=C(CC1CCC(c2nnc(COCc3ccccc3)o2)CC1)OCc1ccccc1.O=C(COCc1ccccc1)NCC(=O)C1CCC(CC(=O)OCc2ccccc2)CC1. The van der Waals surface area contributed by atoms with E-state index in [4.69, 9.17) is 49.1 Å². The Morgan fingerprint density at radius 1 is 0.418 bits per heavy atom. The summed E-state index contributed by atoms with van der Waals surface area (Å²) in [6, 6.07) is 49.0. The van der Waals surface area contributed by atoms with Crippen LogP contribution in [-0.2, 0) is 98.7 Å². The molecule has 2 aromatic heterocycles. The highest BCUT2D eigenvalue weighted by Gasteiger charge is 2.31. The molecule has 21 heteroatoms. The first-order chi connectivity index (χ1) is 47.8. The molecular weight excluding hydrogens is 1250 g/mol. The molecule has 0 radical (unpaired) electrons. The lowest BCUT2D eigenvalue weighted by Gasteiger charge is -2.27. The number of rotatable bonds is 28. The second-order valence-corrected chi connectivity index (χ2v) is 25.9. The van der Waals surface area contributed by atoms with Gasteiger partial charge in [-0.2, -0.15) is 0 Å². The fourth-order valence-electron chi connectivity index (χ4n) is 12.7. The number of nitrogens with zero attached hydrogens (tertiary/aromatic N) is 4. The predicted octanol–water partition coefficient (Wildman–Crippen LogP) is 12.0. The molecular formula is C77H97N7O14. The Bertz CT molecular complexity index is 3420. The fourth-order valence-corrected chi connectivity index (χ4v) is 12.7. The molecule has 524 valence electrons. The zero-order chi connectivity index (χ0) is 68.9. The first kappa shape index (κ1) is 75.2. The van der Waals surface area contributed by atoms with Crippen molar-refractivity contribution in [2.24, 2.45) is 41.1 Å². The van der Waals surface area contributed by atoms with E-state index >= 15 is 0 Å². The molecule has 0 aliphatic heterocycles. The summed E-state index contributed by atoms with van der Waals surface area (Å²) in [5.41, 5.74) is 16.3. The second-order valence-electron chi connectivity index (χ2n) is 25.9. The maximum atomic E-state index is 12.4. The Labute approximate surface area is 574 Å². The Hall–Kier alpha value is -8.60. The molecule has 0 saturated heterocycles. The smallest absolute Gasteiger partial charge is 0.306 e. The number of hydrogen-bond acceptors (Lipinski definition) is 20. The third-order valence-electron chi connectivity index (χ3n) is 18.5. The zero-order valence-electron chi connectivity index (χ0n) is 56.3. The van der Waals surface area contributed by atoms with Crippen LogP contribution in [0.2, 0.25) is 0 Å². The first-order valence-electron chi connectivity index (χ1n) is 34.7. The van der Waals surface area contributed by atoms with Gasteiger partial charge in [0.15, 0.2) is 5.78 Å². The molecule has 4 fully saturated rings. The van der Waals surface area contributed by atoms with Crippen molar-refractivity contribution in [2.45, 2.75) is 186 Å². The van der Waals surface area contributed by atoms with Gasteiger partial charge in [0, 0.05) is 49.0 Å². The van der Waals surface area contributed by atoms with E-state index in [1.807, 2.05) is 152 Å². The van der Waals surface area contributed by atoms with Gasteiger partial charge >= 0.3 is 17.9 Å². The van der Waals surface area contributed by atoms with Crippen molar-refractivity contribution >= 4 is 35.4 Å². The summed E-state index contributed by atoms with van der Waals surface area (Å²) in [6.07, 6.45) is 15.9. The van der Waals surface area contributed by atoms with Gasteiger partial charge < -0.3 is 54.4 Å². The molecule has 1 amide bonds. The lowest BCUT2D eigenvalue weighted by atomic mass is 9.79. The van der Waals surface area contributed by atoms with E-state index in [2.05, 4.69) is 25.7 Å². The number of ketones is 2. The minimum Gasteiger partial charge on any atom is -0.461 e. The molecule has 0 atom stereocenters. The summed E-state index contributed by atoms with van der Waals surface area (Å²) >= 11 is 0. The lowest BCUT2D eigenvalue weighted by molar-refractivity contribution is -0.147. The van der Waals surface area contributed by atoms with E-state index < -0.39 is 0 Å². The van der Waals surface area contributed by atoms with E-state index in [1.165, 1.54) is 0 Å². The number of benzene rings is 5. The van der Waals surface area contributed by atoms with Crippen molar-refractivity contribution in [3.63, 3.8) is 0 Å². The largest absolute Gasteiger partial charge is 0.461 e. The van der Waals surface area contributed by atoms with Crippen molar-refractivity contribution in [1.82, 2.24) is 25.7 Å². The summed E-state index contributed by atoms with van der Waals surface area (Å²) in [6.45, 7) is 2.07. The number of aromatic nitrogens is 4. The number of aliphatic hydroxyl groups excluding tert-OH is 1. The second kappa shape index (κ2) is 42.3. The van der Waals surface area contributed by atoms with Crippen LogP contribution in [0.15, 0.2) is 160 Å². The van der Waals surface area contributed by atoms with Crippen molar-refractivity contribution < 1.29 is 66.4 Å². The lowest BCUT2D eigenvalue weighted by Crippen LogP contribution is -2.36. The van der Waals surface area contributed by atoms with Gasteiger partial charge in [-0.05, 0) is 148 Å². The monoisotopic (exact) mass is 1340 g/mol. The number of Topliss-reactive ketones (excluding diaryl/α,β-unsaturated/α-hetero) is 2. The number of amides is 1. The average molecular weight is 1340 g/mol. The molecule has 4 aliphatic carbocycles. The number of aliphatic hydroxyl groups is 1.